The van der Waals surface area contributed by atoms with Crippen molar-refractivity contribution in [1.82, 2.24) is 20.6 Å². The van der Waals surface area contributed by atoms with Crippen LogP contribution in [-0.2, 0) is 11.3 Å². The molecule has 1 atom stereocenters. The van der Waals surface area contributed by atoms with E-state index >= 15 is 0 Å². The fourth-order valence-corrected chi connectivity index (χ4v) is 3.85. The number of aromatic nitrogens is 3. The Balaban J connectivity index is 1.45. The minimum atomic E-state index is -0.567. The number of hydrogen-bond acceptors (Lipinski definition) is 8. The first-order valence-electron chi connectivity index (χ1n) is 11.4. The lowest BCUT2D eigenvalue weighted by Gasteiger charge is -2.22. The van der Waals surface area contributed by atoms with Crippen LogP contribution in [0.3, 0.4) is 0 Å². The fourth-order valence-electron chi connectivity index (χ4n) is 3.36. The summed E-state index contributed by atoms with van der Waals surface area (Å²) in [5.41, 5.74) is 2.62. The summed E-state index contributed by atoms with van der Waals surface area (Å²) in [4.78, 5) is 16.7. The van der Waals surface area contributed by atoms with Crippen molar-refractivity contribution in [2.45, 2.75) is 52.9 Å². The molecule has 36 heavy (non-hydrogen) atoms. The lowest BCUT2D eigenvalue weighted by atomic mass is 10.0. The molecule has 4 aromatic rings. The van der Waals surface area contributed by atoms with Crippen LogP contribution in [0.4, 0.5) is 4.79 Å². The second kappa shape index (κ2) is 10.5. The Morgan fingerprint density at radius 1 is 1.08 bits per heavy atom. The Labute approximate surface area is 217 Å². The molecule has 0 aliphatic rings. The van der Waals surface area contributed by atoms with Gasteiger partial charge in [-0.15, -0.1) is 0 Å². The van der Waals surface area contributed by atoms with Crippen molar-refractivity contribution in [3.05, 3.63) is 70.0 Å². The fraction of sp³-hybridized carbons (Fsp3) is 0.308. The van der Waals surface area contributed by atoms with E-state index in [0.29, 0.717) is 23.2 Å². The molecule has 10 heteroatoms. The molecule has 0 saturated carbocycles. The topological polar surface area (TPSA) is 113 Å². The summed E-state index contributed by atoms with van der Waals surface area (Å²) in [6.07, 6.45) is -0.476. The molecule has 0 fully saturated rings. The third-order valence-electron chi connectivity index (χ3n) is 5.03. The zero-order valence-electron chi connectivity index (χ0n) is 20.7. The number of carbonyl (C=O) groups excluding carboxylic acids is 1. The summed E-state index contributed by atoms with van der Waals surface area (Å²) in [7, 11) is 0. The Morgan fingerprint density at radius 2 is 1.89 bits per heavy atom. The second-order valence-corrected chi connectivity index (χ2v) is 10.1. The van der Waals surface area contributed by atoms with Crippen molar-refractivity contribution < 1.29 is 23.3 Å². The van der Waals surface area contributed by atoms with Crippen LogP contribution in [0.15, 0.2) is 62.0 Å². The molecule has 188 valence electrons. The number of carbonyl (C=O) groups is 1. The van der Waals surface area contributed by atoms with Crippen LogP contribution in [0.2, 0.25) is 0 Å². The number of alkyl carbamates (subject to hydrolysis) is 1. The highest BCUT2D eigenvalue weighted by atomic mass is 79.9. The van der Waals surface area contributed by atoms with Gasteiger partial charge in [0, 0.05) is 17.2 Å². The van der Waals surface area contributed by atoms with E-state index in [1.54, 1.807) is 0 Å². The van der Waals surface area contributed by atoms with Crippen molar-refractivity contribution in [2.75, 3.05) is 0 Å². The van der Waals surface area contributed by atoms with E-state index in [9.17, 15) is 4.79 Å². The third kappa shape index (κ3) is 6.51. The van der Waals surface area contributed by atoms with Crippen molar-refractivity contribution in [3.63, 3.8) is 0 Å². The minimum Gasteiger partial charge on any atom is -0.484 e. The summed E-state index contributed by atoms with van der Waals surface area (Å²) in [6.45, 7) is 9.48. The Bertz CT molecular complexity index is 1360. The summed E-state index contributed by atoms with van der Waals surface area (Å²) in [6, 6.07) is 14.7. The average molecular weight is 555 g/mol. The number of ether oxygens (including phenoxy) is 2. The molecule has 2 heterocycles. The maximum absolute atomic E-state index is 12.1. The lowest BCUT2D eigenvalue weighted by molar-refractivity contribution is 0.0508. The first-order valence-corrected chi connectivity index (χ1v) is 12.1. The summed E-state index contributed by atoms with van der Waals surface area (Å²) in [5, 5.41) is 10.8. The summed E-state index contributed by atoms with van der Waals surface area (Å²) < 4.78 is 22.6. The van der Waals surface area contributed by atoms with Crippen LogP contribution in [0.1, 0.15) is 50.8 Å². The van der Waals surface area contributed by atoms with E-state index in [2.05, 4.69) is 36.5 Å². The second-order valence-electron chi connectivity index (χ2n) is 9.28. The molecule has 2 aromatic carbocycles. The van der Waals surface area contributed by atoms with Crippen LogP contribution in [0, 0.1) is 6.92 Å². The number of benzene rings is 2. The molecule has 0 radical (unpaired) electrons. The molecule has 0 saturated heterocycles. The van der Waals surface area contributed by atoms with Crippen LogP contribution < -0.4 is 10.1 Å². The van der Waals surface area contributed by atoms with Gasteiger partial charge in [0.1, 0.15) is 18.0 Å². The average Bonchev–Trinajstić information content (AvgIpc) is 3.46. The smallest absolute Gasteiger partial charge is 0.408 e. The van der Waals surface area contributed by atoms with Crippen LogP contribution >= 0.6 is 15.9 Å². The van der Waals surface area contributed by atoms with Crippen molar-refractivity contribution >= 4 is 22.0 Å². The molecule has 4 rings (SSSR count). The Kier molecular flexibility index (Phi) is 7.44. The number of nitrogens with one attached hydrogen (secondary N) is 1. The van der Waals surface area contributed by atoms with Gasteiger partial charge in [-0.05, 0) is 80.4 Å². The Hall–Kier alpha value is -3.66. The molecule has 0 bridgehead atoms. The minimum absolute atomic E-state index is 0.265. The van der Waals surface area contributed by atoms with E-state index in [0.717, 1.165) is 26.9 Å². The zero-order chi connectivity index (χ0) is 25.9. The first kappa shape index (κ1) is 25.4. The number of rotatable bonds is 7. The Morgan fingerprint density at radius 3 is 2.58 bits per heavy atom. The summed E-state index contributed by atoms with van der Waals surface area (Å²) in [5.74, 6) is 2.09. The molecular formula is C26H27BrN4O5. The highest BCUT2D eigenvalue weighted by Crippen LogP contribution is 2.32. The number of aryl methyl sites for hydroxylation is 1. The first-order chi connectivity index (χ1) is 17.1. The van der Waals surface area contributed by atoms with Crippen molar-refractivity contribution in [2.24, 2.45) is 0 Å². The van der Waals surface area contributed by atoms with Crippen molar-refractivity contribution in [1.29, 1.82) is 0 Å². The standard InChI is InChI=1S/C26H27BrN4O5/c1-15-11-20(35-30-15)14-33-22-10-9-19(13-21(22)27)24-29-23(31-36-24)18-8-6-7-17(12-18)16(2)28-25(32)34-26(3,4)5/h6-13,16H,14H2,1-5H3,(H,28,32). The van der Waals surface area contributed by atoms with Crippen LogP contribution in [0.25, 0.3) is 22.8 Å². The zero-order valence-corrected chi connectivity index (χ0v) is 22.3. The van der Waals surface area contributed by atoms with Gasteiger partial charge in [0.25, 0.3) is 5.89 Å². The maximum Gasteiger partial charge on any atom is 0.408 e. The molecule has 0 aliphatic carbocycles. The van der Waals surface area contributed by atoms with Gasteiger partial charge < -0.3 is 23.8 Å². The highest BCUT2D eigenvalue weighted by molar-refractivity contribution is 9.10. The molecule has 9 nitrogen and oxygen atoms in total. The molecule has 2 aromatic heterocycles. The number of amides is 1. The molecular weight excluding hydrogens is 528 g/mol. The maximum atomic E-state index is 12.1. The van der Waals surface area contributed by atoms with Crippen LogP contribution in [-0.4, -0.2) is 27.0 Å². The van der Waals surface area contributed by atoms with E-state index in [-0.39, 0.29) is 12.6 Å². The monoisotopic (exact) mass is 554 g/mol. The van der Waals surface area contributed by atoms with Gasteiger partial charge in [-0.2, -0.15) is 4.98 Å². The van der Waals surface area contributed by atoms with E-state index < -0.39 is 11.7 Å². The quantitative estimate of drug-likeness (QED) is 0.271. The van der Waals surface area contributed by atoms with E-state index in [1.165, 1.54) is 0 Å². The summed E-state index contributed by atoms with van der Waals surface area (Å²) >= 11 is 3.53. The number of nitrogens with zero attached hydrogens (tertiary/aromatic N) is 3. The number of hydrogen-bond donors (Lipinski definition) is 1. The van der Waals surface area contributed by atoms with E-state index in [1.807, 2.05) is 83.1 Å². The predicted molar refractivity (Wildman–Crippen MR) is 136 cm³/mol. The number of halogens is 1. The van der Waals surface area contributed by atoms with Gasteiger partial charge in [0.2, 0.25) is 5.82 Å². The van der Waals surface area contributed by atoms with Gasteiger partial charge in [0.05, 0.1) is 16.2 Å². The molecule has 0 spiro atoms. The lowest BCUT2D eigenvalue weighted by Crippen LogP contribution is -2.34. The normalized spacial score (nSPS) is 12.3. The van der Waals surface area contributed by atoms with Gasteiger partial charge in [0.15, 0.2) is 5.76 Å². The van der Waals surface area contributed by atoms with Gasteiger partial charge in [-0.1, -0.05) is 28.5 Å². The molecule has 0 aliphatic heterocycles. The van der Waals surface area contributed by atoms with Gasteiger partial charge in [-0.3, -0.25) is 0 Å². The highest BCUT2D eigenvalue weighted by Gasteiger charge is 2.19. The predicted octanol–water partition coefficient (Wildman–Crippen LogP) is 6.63. The largest absolute Gasteiger partial charge is 0.484 e. The molecule has 1 unspecified atom stereocenters. The van der Waals surface area contributed by atoms with Gasteiger partial charge in [-0.25, -0.2) is 4.79 Å². The van der Waals surface area contributed by atoms with Crippen molar-refractivity contribution in [3.8, 4) is 28.6 Å². The van der Waals surface area contributed by atoms with E-state index in [4.69, 9.17) is 18.5 Å². The third-order valence-corrected chi connectivity index (χ3v) is 5.65. The SMILES string of the molecule is Cc1cc(COc2ccc(-c3nc(-c4cccc(C(C)NC(=O)OC(C)(C)C)c4)no3)cc2Br)on1. The molecule has 1 N–H and O–H groups in total. The van der Waals surface area contributed by atoms with Gasteiger partial charge >= 0.3 is 6.09 Å². The van der Waals surface area contributed by atoms with Crippen LogP contribution in [0.5, 0.6) is 5.75 Å². The molecule has 1 amide bonds.